The maximum atomic E-state index is 13.3. The molecule has 0 aliphatic heterocycles. The highest BCUT2D eigenvalue weighted by Crippen LogP contribution is 2.33. The molecule has 0 atom stereocenters. The van der Waals surface area contributed by atoms with Crippen LogP contribution in [0, 0.1) is 5.82 Å². The third-order valence-electron chi connectivity index (χ3n) is 4.63. The molecule has 5 nitrogen and oxygen atoms in total. The van der Waals surface area contributed by atoms with Crippen LogP contribution in [0.3, 0.4) is 0 Å². The Bertz CT molecular complexity index is 1270. The third kappa shape index (κ3) is 2.81. The Labute approximate surface area is 161 Å². The van der Waals surface area contributed by atoms with Crippen LogP contribution in [0.2, 0.25) is 0 Å². The van der Waals surface area contributed by atoms with E-state index >= 15 is 0 Å². The fraction of sp³-hybridized carbons (Fsp3) is 0. The molecule has 0 fully saturated rings. The van der Waals surface area contributed by atoms with E-state index in [4.69, 9.17) is 0 Å². The Morgan fingerprint density at radius 2 is 1.71 bits per heavy atom. The molecule has 2 aromatic carbocycles. The first-order valence-electron chi connectivity index (χ1n) is 8.75. The molecule has 0 amide bonds. The van der Waals surface area contributed by atoms with Gasteiger partial charge in [-0.2, -0.15) is 5.10 Å². The lowest BCUT2D eigenvalue weighted by Gasteiger charge is -2.08. The van der Waals surface area contributed by atoms with Crippen molar-refractivity contribution in [2.24, 2.45) is 0 Å². The summed E-state index contributed by atoms with van der Waals surface area (Å²) in [5, 5.41) is 8.12. The molecule has 28 heavy (non-hydrogen) atoms. The molecule has 136 valence electrons. The van der Waals surface area contributed by atoms with Crippen molar-refractivity contribution >= 4 is 10.9 Å². The van der Waals surface area contributed by atoms with Crippen molar-refractivity contribution in [3.05, 3.63) is 85.2 Å². The monoisotopic (exact) mass is 369 g/mol. The zero-order valence-corrected chi connectivity index (χ0v) is 14.7. The Hall–Kier alpha value is -3.93. The highest BCUT2D eigenvalue weighted by Gasteiger charge is 2.13. The fourth-order valence-corrected chi connectivity index (χ4v) is 3.27. The number of nitrogens with one attached hydrogen (secondary N) is 1. The van der Waals surface area contributed by atoms with E-state index in [0.29, 0.717) is 0 Å². The largest absolute Gasteiger partial charge is 0.277 e. The molecule has 0 spiro atoms. The summed E-state index contributed by atoms with van der Waals surface area (Å²) in [6.45, 7) is 0. The van der Waals surface area contributed by atoms with Crippen molar-refractivity contribution in [3.63, 3.8) is 0 Å². The van der Waals surface area contributed by atoms with Gasteiger partial charge in [-0.15, -0.1) is 0 Å². The molecule has 0 aliphatic carbocycles. The van der Waals surface area contributed by atoms with E-state index in [2.05, 4.69) is 25.1 Å². The molecular formula is C22H16FN5. The molecule has 1 N–H and O–H groups in total. The van der Waals surface area contributed by atoms with Crippen LogP contribution in [0.4, 0.5) is 4.39 Å². The van der Waals surface area contributed by atoms with Gasteiger partial charge in [0.25, 0.3) is 0 Å². The average Bonchev–Trinajstić information content (AvgIpc) is 3.24. The standard InChI is InChI=1S/C22H14FN5.H2/c23-16-7-4-14(5-8-16)21-18(12-27-28-21)15-6-9-19-17(11-15)22(26-13-25-19)20-3-1-2-10-24-20;/h1-13H,(H,27,28);1H. The van der Waals surface area contributed by atoms with Crippen molar-refractivity contribution in [2.75, 3.05) is 0 Å². The minimum atomic E-state index is -0.271. The van der Waals surface area contributed by atoms with Gasteiger partial charge in [-0.3, -0.25) is 10.1 Å². The number of H-pyrrole nitrogens is 1. The van der Waals surface area contributed by atoms with Gasteiger partial charge >= 0.3 is 0 Å². The SMILES string of the molecule is Fc1ccc(-c2[nH]ncc2-c2ccc3ncnc(-c4ccccn4)c3c2)cc1.[HH]. The first-order chi connectivity index (χ1) is 13.8. The summed E-state index contributed by atoms with van der Waals surface area (Å²) >= 11 is 0. The number of hydrogen-bond donors (Lipinski definition) is 1. The molecule has 0 radical (unpaired) electrons. The first-order valence-corrected chi connectivity index (χ1v) is 8.75. The van der Waals surface area contributed by atoms with E-state index in [0.717, 1.165) is 44.7 Å². The average molecular weight is 369 g/mol. The van der Waals surface area contributed by atoms with Gasteiger partial charge in [-0.1, -0.05) is 12.1 Å². The van der Waals surface area contributed by atoms with Crippen LogP contribution in [-0.4, -0.2) is 25.1 Å². The summed E-state index contributed by atoms with van der Waals surface area (Å²) < 4.78 is 13.3. The van der Waals surface area contributed by atoms with Gasteiger partial charge in [0.2, 0.25) is 0 Å². The summed E-state index contributed by atoms with van der Waals surface area (Å²) in [6, 6.07) is 18.1. The Kier molecular flexibility index (Phi) is 3.87. The van der Waals surface area contributed by atoms with Crippen LogP contribution < -0.4 is 0 Å². The molecule has 3 heterocycles. The smallest absolute Gasteiger partial charge is 0.123 e. The van der Waals surface area contributed by atoms with Gasteiger partial charge < -0.3 is 0 Å². The second-order valence-electron chi connectivity index (χ2n) is 6.33. The lowest BCUT2D eigenvalue weighted by atomic mass is 9.99. The van der Waals surface area contributed by atoms with Crippen LogP contribution in [0.5, 0.6) is 0 Å². The second-order valence-corrected chi connectivity index (χ2v) is 6.33. The van der Waals surface area contributed by atoms with E-state index in [9.17, 15) is 4.39 Å². The minimum Gasteiger partial charge on any atom is -0.277 e. The number of aromatic amines is 1. The summed E-state index contributed by atoms with van der Waals surface area (Å²) in [6.07, 6.45) is 5.06. The molecule has 0 saturated carbocycles. The summed E-state index contributed by atoms with van der Waals surface area (Å²) in [5.41, 5.74) is 5.99. The molecule has 5 aromatic rings. The van der Waals surface area contributed by atoms with Crippen LogP contribution in [0.15, 0.2) is 79.4 Å². The fourth-order valence-electron chi connectivity index (χ4n) is 3.27. The predicted octanol–water partition coefficient (Wildman–Crippen LogP) is 5.13. The maximum absolute atomic E-state index is 13.3. The van der Waals surface area contributed by atoms with E-state index in [1.54, 1.807) is 30.9 Å². The zero-order valence-electron chi connectivity index (χ0n) is 14.7. The van der Waals surface area contributed by atoms with Gasteiger partial charge in [0, 0.05) is 24.1 Å². The Morgan fingerprint density at radius 3 is 2.54 bits per heavy atom. The molecular weight excluding hydrogens is 353 g/mol. The lowest BCUT2D eigenvalue weighted by molar-refractivity contribution is 0.628. The highest BCUT2D eigenvalue weighted by atomic mass is 19.1. The molecule has 0 unspecified atom stereocenters. The van der Waals surface area contributed by atoms with E-state index in [1.807, 2.05) is 36.4 Å². The van der Waals surface area contributed by atoms with Gasteiger partial charge in [0.1, 0.15) is 12.1 Å². The zero-order chi connectivity index (χ0) is 18.9. The number of fused-ring (bicyclic) bond motifs is 1. The van der Waals surface area contributed by atoms with Gasteiger partial charge in [0.05, 0.1) is 28.8 Å². The lowest BCUT2D eigenvalue weighted by Crippen LogP contribution is -1.92. The number of benzene rings is 2. The van der Waals surface area contributed by atoms with Crippen LogP contribution >= 0.6 is 0 Å². The molecule has 6 heteroatoms. The van der Waals surface area contributed by atoms with Crippen molar-refractivity contribution < 1.29 is 5.82 Å². The van der Waals surface area contributed by atoms with Gasteiger partial charge in [-0.25, -0.2) is 14.4 Å². The normalized spacial score (nSPS) is 11.0. The number of nitrogens with zero attached hydrogens (tertiary/aromatic N) is 4. The highest BCUT2D eigenvalue weighted by molar-refractivity contribution is 5.95. The number of aromatic nitrogens is 5. The van der Waals surface area contributed by atoms with Crippen molar-refractivity contribution in [1.29, 1.82) is 0 Å². The van der Waals surface area contributed by atoms with E-state index < -0.39 is 0 Å². The number of pyridine rings is 1. The second kappa shape index (κ2) is 6.66. The summed E-state index contributed by atoms with van der Waals surface area (Å²) in [7, 11) is 0. The third-order valence-corrected chi connectivity index (χ3v) is 4.63. The molecule has 0 aliphatic rings. The Morgan fingerprint density at radius 1 is 0.857 bits per heavy atom. The van der Waals surface area contributed by atoms with Crippen LogP contribution in [0.1, 0.15) is 1.43 Å². The molecule has 3 aromatic heterocycles. The van der Waals surface area contributed by atoms with E-state index in [1.165, 1.54) is 12.1 Å². The van der Waals surface area contributed by atoms with Crippen molar-refractivity contribution in [3.8, 4) is 33.8 Å². The van der Waals surface area contributed by atoms with Crippen molar-refractivity contribution in [2.45, 2.75) is 0 Å². The topological polar surface area (TPSA) is 67.3 Å². The number of hydrogen-bond acceptors (Lipinski definition) is 4. The van der Waals surface area contributed by atoms with Crippen LogP contribution in [0.25, 0.3) is 44.7 Å². The van der Waals surface area contributed by atoms with Crippen LogP contribution in [-0.2, 0) is 0 Å². The predicted molar refractivity (Wildman–Crippen MR) is 108 cm³/mol. The summed E-state index contributed by atoms with van der Waals surface area (Å²) in [4.78, 5) is 13.2. The molecule has 0 bridgehead atoms. The quantitative estimate of drug-likeness (QED) is 0.478. The maximum Gasteiger partial charge on any atom is 0.123 e. The minimum absolute atomic E-state index is 0. The van der Waals surface area contributed by atoms with Gasteiger partial charge in [0.15, 0.2) is 0 Å². The molecule has 0 saturated heterocycles. The first kappa shape index (κ1) is 16.3. The van der Waals surface area contributed by atoms with E-state index in [-0.39, 0.29) is 7.24 Å². The summed E-state index contributed by atoms with van der Waals surface area (Å²) in [5.74, 6) is -0.271. The van der Waals surface area contributed by atoms with Gasteiger partial charge in [-0.05, 0) is 54.1 Å². The molecule has 5 rings (SSSR count). The Balaban J connectivity index is 0.00000205. The van der Waals surface area contributed by atoms with Crippen molar-refractivity contribution in [1.82, 2.24) is 25.1 Å². The number of halogens is 1. The number of rotatable bonds is 3.